The average molecular weight is 284 g/mol. The van der Waals surface area contributed by atoms with Gasteiger partial charge >= 0.3 is 0 Å². The third kappa shape index (κ3) is 4.83. The SMILES string of the molecule is CCC1CCC(CCC(=O)CCC2CCC(CO)O2)O1. The van der Waals surface area contributed by atoms with Gasteiger partial charge in [-0.15, -0.1) is 0 Å². The molecule has 0 aliphatic carbocycles. The highest BCUT2D eigenvalue weighted by Gasteiger charge is 2.26. The Labute approximate surface area is 121 Å². The number of hydrogen-bond donors (Lipinski definition) is 1. The van der Waals surface area contributed by atoms with Crippen molar-refractivity contribution >= 4 is 5.78 Å². The minimum absolute atomic E-state index is 0.00651. The predicted octanol–water partition coefficient (Wildman–Crippen LogP) is 2.61. The summed E-state index contributed by atoms with van der Waals surface area (Å²) in [6.07, 6.45) is 9.02. The number of rotatable bonds is 8. The Hall–Kier alpha value is -0.450. The van der Waals surface area contributed by atoms with Crippen molar-refractivity contribution in [1.29, 1.82) is 0 Å². The molecule has 0 bridgehead atoms. The fourth-order valence-electron chi connectivity index (χ4n) is 3.19. The molecule has 2 saturated heterocycles. The van der Waals surface area contributed by atoms with Crippen LogP contribution in [0.2, 0.25) is 0 Å². The first-order valence-corrected chi connectivity index (χ1v) is 8.14. The first kappa shape index (κ1) is 15.9. The van der Waals surface area contributed by atoms with Crippen LogP contribution in [0.4, 0.5) is 0 Å². The second kappa shape index (κ2) is 8.11. The first-order chi connectivity index (χ1) is 9.71. The fraction of sp³-hybridized carbons (Fsp3) is 0.938. The zero-order chi connectivity index (χ0) is 14.4. The van der Waals surface area contributed by atoms with Gasteiger partial charge in [0.15, 0.2) is 0 Å². The molecule has 4 nitrogen and oxygen atoms in total. The van der Waals surface area contributed by atoms with E-state index in [-0.39, 0.29) is 18.8 Å². The molecule has 0 aromatic carbocycles. The zero-order valence-electron chi connectivity index (χ0n) is 12.6. The number of ketones is 1. The smallest absolute Gasteiger partial charge is 0.133 e. The summed E-state index contributed by atoms with van der Waals surface area (Å²) in [4.78, 5) is 11.9. The Kier molecular flexibility index (Phi) is 6.46. The molecule has 116 valence electrons. The third-order valence-electron chi connectivity index (χ3n) is 4.54. The van der Waals surface area contributed by atoms with E-state index in [9.17, 15) is 4.79 Å². The molecule has 2 heterocycles. The Morgan fingerprint density at radius 3 is 1.90 bits per heavy atom. The summed E-state index contributed by atoms with van der Waals surface area (Å²) in [5.74, 6) is 0.324. The molecule has 1 N–H and O–H groups in total. The highest BCUT2D eigenvalue weighted by molar-refractivity contribution is 5.78. The largest absolute Gasteiger partial charge is 0.394 e. The van der Waals surface area contributed by atoms with Gasteiger partial charge in [0.1, 0.15) is 5.78 Å². The maximum Gasteiger partial charge on any atom is 0.133 e. The van der Waals surface area contributed by atoms with Crippen LogP contribution >= 0.6 is 0 Å². The van der Waals surface area contributed by atoms with Gasteiger partial charge in [0, 0.05) is 12.8 Å². The minimum Gasteiger partial charge on any atom is -0.394 e. The van der Waals surface area contributed by atoms with E-state index in [2.05, 4.69) is 6.92 Å². The van der Waals surface area contributed by atoms with Crippen LogP contribution in [0.15, 0.2) is 0 Å². The fourth-order valence-corrected chi connectivity index (χ4v) is 3.19. The lowest BCUT2D eigenvalue weighted by atomic mass is 10.0. The Morgan fingerprint density at radius 2 is 1.45 bits per heavy atom. The summed E-state index contributed by atoms with van der Waals surface area (Å²) in [5.41, 5.74) is 0. The summed E-state index contributed by atoms with van der Waals surface area (Å²) < 4.78 is 11.5. The van der Waals surface area contributed by atoms with Crippen molar-refractivity contribution in [2.24, 2.45) is 0 Å². The molecule has 4 unspecified atom stereocenters. The number of carbonyl (C=O) groups is 1. The molecule has 0 radical (unpaired) electrons. The molecule has 0 saturated carbocycles. The van der Waals surface area contributed by atoms with Crippen molar-refractivity contribution in [3.05, 3.63) is 0 Å². The van der Waals surface area contributed by atoms with E-state index in [0.717, 1.165) is 44.9 Å². The van der Waals surface area contributed by atoms with E-state index in [4.69, 9.17) is 14.6 Å². The van der Waals surface area contributed by atoms with Crippen LogP contribution < -0.4 is 0 Å². The molecule has 0 spiro atoms. The molecular formula is C16H28O4. The van der Waals surface area contributed by atoms with Crippen molar-refractivity contribution < 1.29 is 19.4 Å². The van der Waals surface area contributed by atoms with E-state index in [1.165, 1.54) is 0 Å². The number of hydrogen-bond acceptors (Lipinski definition) is 4. The van der Waals surface area contributed by atoms with Crippen molar-refractivity contribution in [2.45, 2.75) is 89.1 Å². The minimum atomic E-state index is -0.00651. The number of Topliss-reactive ketones (excluding diaryl/α,β-unsaturated/α-hetero) is 1. The van der Waals surface area contributed by atoms with Crippen molar-refractivity contribution in [1.82, 2.24) is 0 Å². The lowest BCUT2D eigenvalue weighted by Crippen LogP contribution is -2.16. The van der Waals surface area contributed by atoms with Crippen LogP contribution in [0.25, 0.3) is 0 Å². The van der Waals surface area contributed by atoms with Gasteiger partial charge in [-0.25, -0.2) is 0 Å². The van der Waals surface area contributed by atoms with Crippen LogP contribution in [-0.2, 0) is 14.3 Å². The van der Waals surface area contributed by atoms with E-state index >= 15 is 0 Å². The standard InChI is InChI=1S/C16H28O4/c1-2-13-7-8-14(19-13)5-3-12(18)4-6-15-9-10-16(11-17)20-15/h13-17H,2-11H2,1H3. The summed E-state index contributed by atoms with van der Waals surface area (Å²) in [7, 11) is 0. The molecule has 0 aromatic heterocycles. The lowest BCUT2D eigenvalue weighted by molar-refractivity contribution is -0.120. The first-order valence-electron chi connectivity index (χ1n) is 8.14. The Bertz CT molecular complexity index is 277. The van der Waals surface area contributed by atoms with Gasteiger partial charge in [-0.05, 0) is 44.9 Å². The summed E-state index contributed by atoms with van der Waals surface area (Å²) >= 11 is 0. The van der Waals surface area contributed by atoms with Crippen molar-refractivity contribution in [2.75, 3.05) is 6.61 Å². The van der Waals surface area contributed by atoms with Crippen LogP contribution in [-0.4, -0.2) is 41.9 Å². The van der Waals surface area contributed by atoms with Crippen LogP contribution in [0, 0.1) is 0 Å². The topological polar surface area (TPSA) is 55.8 Å². The maximum atomic E-state index is 11.9. The predicted molar refractivity (Wildman–Crippen MR) is 76.6 cm³/mol. The van der Waals surface area contributed by atoms with Gasteiger partial charge in [-0.3, -0.25) is 4.79 Å². The van der Waals surface area contributed by atoms with Gasteiger partial charge < -0.3 is 14.6 Å². The van der Waals surface area contributed by atoms with Gasteiger partial charge in [0.05, 0.1) is 31.0 Å². The molecule has 4 heteroatoms. The second-order valence-corrected chi connectivity index (χ2v) is 6.12. The Balaban J connectivity index is 1.55. The number of aliphatic hydroxyl groups excluding tert-OH is 1. The number of aliphatic hydroxyl groups is 1. The molecule has 2 fully saturated rings. The molecule has 0 amide bonds. The molecule has 4 atom stereocenters. The highest BCUT2D eigenvalue weighted by atomic mass is 16.5. The van der Waals surface area contributed by atoms with Gasteiger partial charge in [-0.2, -0.15) is 0 Å². The summed E-state index contributed by atoms with van der Waals surface area (Å²) in [6.45, 7) is 2.25. The van der Waals surface area contributed by atoms with Crippen molar-refractivity contribution in [3.63, 3.8) is 0 Å². The summed E-state index contributed by atoms with van der Waals surface area (Å²) in [5, 5.41) is 9.00. The van der Waals surface area contributed by atoms with Gasteiger partial charge in [0.2, 0.25) is 0 Å². The molecule has 2 rings (SSSR count). The maximum absolute atomic E-state index is 11.9. The van der Waals surface area contributed by atoms with E-state index < -0.39 is 0 Å². The van der Waals surface area contributed by atoms with Crippen LogP contribution in [0.5, 0.6) is 0 Å². The molecule has 2 aliphatic rings. The van der Waals surface area contributed by atoms with Gasteiger partial charge in [0.25, 0.3) is 0 Å². The quantitative estimate of drug-likeness (QED) is 0.744. The monoisotopic (exact) mass is 284 g/mol. The molecule has 20 heavy (non-hydrogen) atoms. The average Bonchev–Trinajstić information content (AvgIpc) is 3.11. The van der Waals surface area contributed by atoms with E-state index in [0.29, 0.717) is 30.8 Å². The Morgan fingerprint density at radius 1 is 0.950 bits per heavy atom. The second-order valence-electron chi connectivity index (χ2n) is 6.12. The number of carbonyl (C=O) groups excluding carboxylic acids is 1. The third-order valence-corrected chi connectivity index (χ3v) is 4.54. The van der Waals surface area contributed by atoms with Gasteiger partial charge in [-0.1, -0.05) is 6.92 Å². The van der Waals surface area contributed by atoms with Crippen molar-refractivity contribution in [3.8, 4) is 0 Å². The zero-order valence-corrected chi connectivity index (χ0v) is 12.6. The van der Waals surface area contributed by atoms with E-state index in [1.54, 1.807) is 0 Å². The molecular weight excluding hydrogens is 256 g/mol. The molecule has 2 aliphatic heterocycles. The molecule has 0 aromatic rings. The normalized spacial score (nSPS) is 33.7. The van der Waals surface area contributed by atoms with Crippen LogP contribution in [0.3, 0.4) is 0 Å². The van der Waals surface area contributed by atoms with Crippen LogP contribution in [0.1, 0.15) is 64.7 Å². The summed E-state index contributed by atoms with van der Waals surface area (Å²) in [6, 6.07) is 0. The number of ether oxygens (including phenoxy) is 2. The van der Waals surface area contributed by atoms with E-state index in [1.807, 2.05) is 0 Å². The highest BCUT2D eigenvalue weighted by Crippen LogP contribution is 2.26. The lowest BCUT2D eigenvalue weighted by Gasteiger charge is -2.13.